The van der Waals surface area contributed by atoms with E-state index in [4.69, 9.17) is 16.2 Å². The first-order chi connectivity index (χ1) is 11.6. The summed E-state index contributed by atoms with van der Waals surface area (Å²) >= 11 is 0. The fourth-order valence-electron chi connectivity index (χ4n) is 2.74. The van der Waals surface area contributed by atoms with Crippen molar-refractivity contribution < 1.29 is 4.74 Å². The van der Waals surface area contributed by atoms with E-state index in [9.17, 15) is 0 Å². The van der Waals surface area contributed by atoms with Crippen LogP contribution in [0.2, 0.25) is 0 Å². The van der Waals surface area contributed by atoms with Gasteiger partial charge in [-0.3, -0.25) is 0 Å². The molecule has 2 aromatic rings. The molecule has 6 N–H and O–H groups in total. The maximum absolute atomic E-state index is 6.48. The van der Waals surface area contributed by atoms with Crippen LogP contribution in [0.25, 0.3) is 5.70 Å². The molecule has 1 aliphatic rings. The third-order valence-electron chi connectivity index (χ3n) is 3.85. The van der Waals surface area contributed by atoms with E-state index in [1.807, 2.05) is 48.1 Å². The molecule has 1 atom stereocenters. The number of nitrogens with one attached hydrogen (secondary N) is 2. The quantitative estimate of drug-likeness (QED) is 0.617. The van der Waals surface area contributed by atoms with E-state index in [0.717, 1.165) is 35.8 Å². The molecule has 1 aromatic heterocycles. The molecule has 0 spiro atoms. The average molecular weight is 328 g/mol. The monoisotopic (exact) mass is 328 g/mol. The topological polar surface area (TPSA) is 103 Å². The number of ether oxygens (including phenoxy) is 1. The number of hydrogen-bond donors (Lipinski definition) is 4. The number of rotatable bonds is 7. The van der Waals surface area contributed by atoms with Crippen LogP contribution in [-0.2, 0) is 0 Å². The molecule has 7 heteroatoms. The molecule has 0 saturated heterocycles. The van der Waals surface area contributed by atoms with Crippen molar-refractivity contribution in [3.63, 3.8) is 0 Å². The average Bonchev–Trinajstić information content (AvgIpc) is 3.03. The Morgan fingerprint density at radius 2 is 2.12 bits per heavy atom. The predicted molar refractivity (Wildman–Crippen MR) is 96.0 cm³/mol. The molecule has 128 valence electrons. The fraction of sp³-hybridized carbons (Fsp3) is 0.353. The standard InChI is InChI=1S/C17H24N6O/c1-2-24-14-6-4-13(5-7-14)21-15-12-17(19,8-3-9-18)22-23-11-10-20-16(15)23/h4-7,10-12,21-22H,2-3,8-9,18-19H2,1H3. The largest absolute Gasteiger partial charge is 0.494 e. The van der Waals surface area contributed by atoms with E-state index in [-0.39, 0.29) is 0 Å². The van der Waals surface area contributed by atoms with Crippen molar-refractivity contribution in [2.45, 2.75) is 25.4 Å². The molecule has 24 heavy (non-hydrogen) atoms. The van der Waals surface area contributed by atoms with Crippen LogP contribution >= 0.6 is 0 Å². The Hall–Kier alpha value is -2.51. The number of imidazole rings is 1. The van der Waals surface area contributed by atoms with Crippen LogP contribution < -0.4 is 26.9 Å². The Kier molecular flexibility index (Phi) is 4.73. The first kappa shape index (κ1) is 16.4. The molecular weight excluding hydrogens is 304 g/mol. The van der Waals surface area contributed by atoms with Gasteiger partial charge in [-0.1, -0.05) is 0 Å². The van der Waals surface area contributed by atoms with E-state index in [1.54, 1.807) is 6.20 Å². The zero-order valence-electron chi connectivity index (χ0n) is 13.8. The van der Waals surface area contributed by atoms with Crippen LogP contribution in [0.4, 0.5) is 5.69 Å². The van der Waals surface area contributed by atoms with Gasteiger partial charge < -0.3 is 26.9 Å². The Bertz CT molecular complexity index is 708. The lowest BCUT2D eigenvalue weighted by atomic mass is 10.0. The second-order valence-electron chi connectivity index (χ2n) is 5.81. The Labute approximate surface area is 141 Å². The zero-order valence-corrected chi connectivity index (χ0v) is 13.8. The van der Waals surface area contributed by atoms with E-state index in [2.05, 4.69) is 15.7 Å². The van der Waals surface area contributed by atoms with Crippen molar-refractivity contribution in [1.29, 1.82) is 0 Å². The molecule has 2 heterocycles. The predicted octanol–water partition coefficient (Wildman–Crippen LogP) is 1.69. The third kappa shape index (κ3) is 3.52. The molecular formula is C17H24N6O. The molecule has 0 radical (unpaired) electrons. The normalized spacial score (nSPS) is 19.2. The van der Waals surface area contributed by atoms with Crippen LogP contribution in [-0.4, -0.2) is 28.5 Å². The number of aromatic nitrogens is 2. The highest BCUT2D eigenvalue weighted by Crippen LogP contribution is 2.26. The van der Waals surface area contributed by atoms with Gasteiger partial charge in [-0.25, -0.2) is 9.66 Å². The number of hydrogen-bond acceptors (Lipinski definition) is 6. The third-order valence-corrected chi connectivity index (χ3v) is 3.85. The maximum atomic E-state index is 6.48. The van der Waals surface area contributed by atoms with E-state index in [1.165, 1.54) is 0 Å². The van der Waals surface area contributed by atoms with Crippen molar-refractivity contribution in [3.8, 4) is 5.75 Å². The number of nitrogens with zero attached hydrogens (tertiary/aromatic N) is 2. The summed E-state index contributed by atoms with van der Waals surface area (Å²) in [4.78, 5) is 4.39. The highest BCUT2D eigenvalue weighted by atomic mass is 16.5. The van der Waals surface area contributed by atoms with Crippen molar-refractivity contribution in [2.75, 3.05) is 23.9 Å². The fourth-order valence-corrected chi connectivity index (χ4v) is 2.74. The van der Waals surface area contributed by atoms with Crippen LogP contribution in [0.3, 0.4) is 0 Å². The molecule has 0 saturated carbocycles. The number of nitrogens with two attached hydrogens (primary N) is 2. The summed E-state index contributed by atoms with van der Waals surface area (Å²) in [5.74, 6) is 1.64. The molecule has 3 rings (SSSR count). The van der Waals surface area contributed by atoms with Gasteiger partial charge in [0.2, 0.25) is 0 Å². The Balaban J connectivity index is 1.83. The first-order valence-corrected chi connectivity index (χ1v) is 8.17. The van der Waals surface area contributed by atoms with Crippen LogP contribution in [0.1, 0.15) is 25.6 Å². The van der Waals surface area contributed by atoms with Gasteiger partial charge in [-0.05, 0) is 56.7 Å². The molecule has 0 bridgehead atoms. The SMILES string of the molecule is CCOc1ccc(NC2=CC(N)(CCCN)Nn3ccnc32)cc1. The van der Waals surface area contributed by atoms with Crippen molar-refractivity contribution in [3.05, 3.63) is 48.6 Å². The van der Waals surface area contributed by atoms with Gasteiger partial charge in [0.15, 0.2) is 5.82 Å². The van der Waals surface area contributed by atoms with Gasteiger partial charge in [-0.15, -0.1) is 0 Å². The van der Waals surface area contributed by atoms with Gasteiger partial charge in [0, 0.05) is 18.1 Å². The minimum Gasteiger partial charge on any atom is -0.494 e. The molecule has 1 unspecified atom stereocenters. The summed E-state index contributed by atoms with van der Waals surface area (Å²) in [5.41, 5.74) is 16.5. The number of benzene rings is 1. The van der Waals surface area contributed by atoms with Gasteiger partial charge in [-0.2, -0.15) is 0 Å². The Morgan fingerprint density at radius 3 is 2.83 bits per heavy atom. The first-order valence-electron chi connectivity index (χ1n) is 8.17. The zero-order chi connectivity index (χ0) is 17.0. The molecule has 1 aliphatic heterocycles. The lowest BCUT2D eigenvalue weighted by Crippen LogP contribution is -2.52. The molecule has 0 fully saturated rings. The molecule has 0 aliphatic carbocycles. The van der Waals surface area contributed by atoms with Crippen LogP contribution in [0, 0.1) is 0 Å². The summed E-state index contributed by atoms with van der Waals surface area (Å²) in [5, 5.41) is 3.40. The highest BCUT2D eigenvalue weighted by molar-refractivity contribution is 5.76. The van der Waals surface area contributed by atoms with Crippen molar-refractivity contribution >= 4 is 11.4 Å². The summed E-state index contributed by atoms with van der Waals surface area (Å²) in [6.45, 7) is 3.22. The van der Waals surface area contributed by atoms with Gasteiger partial charge in [0.05, 0.1) is 12.3 Å². The van der Waals surface area contributed by atoms with Crippen LogP contribution in [0.15, 0.2) is 42.7 Å². The molecule has 7 nitrogen and oxygen atoms in total. The van der Waals surface area contributed by atoms with E-state index in [0.29, 0.717) is 13.2 Å². The summed E-state index contributed by atoms with van der Waals surface area (Å²) in [6.07, 6.45) is 7.13. The second-order valence-corrected chi connectivity index (χ2v) is 5.81. The highest BCUT2D eigenvalue weighted by Gasteiger charge is 2.29. The molecule has 1 aromatic carbocycles. The maximum Gasteiger partial charge on any atom is 0.174 e. The number of anilines is 1. The van der Waals surface area contributed by atoms with Gasteiger partial charge in [0.25, 0.3) is 0 Å². The van der Waals surface area contributed by atoms with E-state index < -0.39 is 5.66 Å². The minimum atomic E-state index is -0.666. The van der Waals surface area contributed by atoms with Gasteiger partial charge in [0.1, 0.15) is 11.4 Å². The summed E-state index contributed by atoms with van der Waals surface area (Å²) in [6, 6.07) is 7.81. The van der Waals surface area contributed by atoms with Crippen molar-refractivity contribution in [2.24, 2.45) is 11.5 Å². The lowest BCUT2D eigenvalue weighted by molar-refractivity contribution is 0.340. The smallest absolute Gasteiger partial charge is 0.174 e. The minimum absolute atomic E-state index is 0.604. The number of fused-ring (bicyclic) bond motifs is 1. The van der Waals surface area contributed by atoms with E-state index >= 15 is 0 Å². The van der Waals surface area contributed by atoms with Crippen LogP contribution in [0.5, 0.6) is 5.75 Å². The Morgan fingerprint density at radius 1 is 1.33 bits per heavy atom. The summed E-state index contributed by atoms with van der Waals surface area (Å²) < 4.78 is 7.31. The molecule has 0 amide bonds. The van der Waals surface area contributed by atoms with Gasteiger partial charge >= 0.3 is 0 Å². The summed E-state index contributed by atoms with van der Waals surface area (Å²) in [7, 11) is 0. The second kappa shape index (κ2) is 6.94. The van der Waals surface area contributed by atoms with Crippen molar-refractivity contribution in [1.82, 2.24) is 9.66 Å². The lowest BCUT2D eigenvalue weighted by Gasteiger charge is -2.34.